The number of ether oxygens (including phenoxy) is 2. The van der Waals surface area contributed by atoms with Crippen molar-refractivity contribution in [3.63, 3.8) is 0 Å². The van der Waals surface area contributed by atoms with E-state index < -0.39 is 11.2 Å². The fraction of sp³-hybridized carbons (Fsp3) is 0.357. The minimum absolute atomic E-state index is 0.0576. The van der Waals surface area contributed by atoms with Crippen LogP contribution in [0.5, 0.6) is 5.75 Å². The van der Waals surface area contributed by atoms with Crippen molar-refractivity contribution < 1.29 is 23.9 Å². The van der Waals surface area contributed by atoms with Gasteiger partial charge in [-0.15, -0.1) is 11.8 Å². The van der Waals surface area contributed by atoms with Gasteiger partial charge in [-0.2, -0.15) is 0 Å². The molecule has 0 aromatic heterocycles. The highest BCUT2D eigenvalue weighted by atomic mass is 32.2. The minimum Gasteiger partial charge on any atom is -0.495 e. The number of carbonyl (C=O) groups is 3. The second-order valence-corrected chi connectivity index (χ2v) is 5.69. The standard InChI is InChI=1S/C14H16N2O5S/c1-20-10-4-3-8(14(19)21-2)5-9(10)16-12(17)6-11-13(18)15-7-22-11/h3-5,11H,6-7H2,1-2H3,(H,15,18)(H,16,17). The molecule has 118 valence electrons. The van der Waals surface area contributed by atoms with E-state index in [2.05, 4.69) is 15.4 Å². The molecule has 1 aromatic rings. The zero-order chi connectivity index (χ0) is 16.1. The molecule has 0 aliphatic carbocycles. The van der Waals surface area contributed by atoms with Crippen molar-refractivity contribution in [3.05, 3.63) is 23.8 Å². The molecule has 1 fully saturated rings. The largest absolute Gasteiger partial charge is 0.495 e. The zero-order valence-electron chi connectivity index (χ0n) is 12.2. The summed E-state index contributed by atoms with van der Waals surface area (Å²) in [6, 6.07) is 4.59. The molecule has 0 radical (unpaired) electrons. The van der Waals surface area contributed by atoms with Crippen LogP contribution in [-0.4, -0.2) is 43.1 Å². The highest BCUT2D eigenvalue weighted by molar-refractivity contribution is 8.01. The van der Waals surface area contributed by atoms with Crippen LogP contribution in [0.25, 0.3) is 0 Å². The average molecular weight is 324 g/mol. The van der Waals surface area contributed by atoms with Crippen LogP contribution in [0.3, 0.4) is 0 Å². The Bertz CT molecular complexity index is 605. The molecule has 22 heavy (non-hydrogen) atoms. The lowest BCUT2D eigenvalue weighted by Crippen LogP contribution is -2.27. The summed E-state index contributed by atoms with van der Waals surface area (Å²) in [5.74, 6) is -0.0449. The van der Waals surface area contributed by atoms with Gasteiger partial charge in [0.25, 0.3) is 0 Å². The van der Waals surface area contributed by atoms with Crippen molar-refractivity contribution in [1.29, 1.82) is 0 Å². The molecule has 1 unspecified atom stereocenters. The fourth-order valence-corrected chi connectivity index (χ4v) is 2.91. The number of hydrogen-bond donors (Lipinski definition) is 2. The van der Waals surface area contributed by atoms with E-state index in [1.54, 1.807) is 12.1 Å². The third-order valence-corrected chi connectivity index (χ3v) is 4.18. The van der Waals surface area contributed by atoms with Crippen LogP contribution in [0.1, 0.15) is 16.8 Å². The second-order valence-electron chi connectivity index (χ2n) is 4.50. The van der Waals surface area contributed by atoms with E-state index in [1.807, 2.05) is 0 Å². The lowest BCUT2D eigenvalue weighted by molar-refractivity contribution is -0.123. The van der Waals surface area contributed by atoms with Crippen LogP contribution in [0.4, 0.5) is 5.69 Å². The molecule has 1 aromatic carbocycles. The number of esters is 1. The van der Waals surface area contributed by atoms with Gasteiger partial charge in [-0.05, 0) is 18.2 Å². The zero-order valence-corrected chi connectivity index (χ0v) is 13.0. The van der Waals surface area contributed by atoms with Crippen molar-refractivity contribution in [2.75, 3.05) is 25.4 Å². The molecule has 2 rings (SSSR count). The first-order valence-corrected chi connectivity index (χ1v) is 7.55. The quantitative estimate of drug-likeness (QED) is 0.785. The number of hydrogen-bond acceptors (Lipinski definition) is 6. The molecule has 7 nitrogen and oxygen atoms in total. The summed E-state index contributed by atoms with van der Waals surface area (Å²) in [7, 11) is 2.74. The molecule has 1 saturated heterocycles. The number of rotatable bonds is 5. The summed E-state index contributed by atoms with van der Waals surface area (Å²) in [6.07, 6.45) is 0.0576. The summed E-state index contributed by atoms with van der Waals surface area (Å²) < 4.78 is 9.80. The number of carbonyl (C=O) groups excluding carboxylic acids is 3. The molecule has 0 bridgehead atoms. The number of amides is 2. The first-order chi connectivity index (χ1) is 10.5. The number of methoxy groups -OCH3 is 2. The third kappa shape index (κ3) is 3.70. The predicted octanol–water partition coefficient (Wildman–Crippen LogP) is 0.999. The number of anilines is 1. The van der Waals surface area contributed by atoms with Gasteiger partial charge in [-0.3, -0.25) is 9.59 Å². The molecule has 2 amide bonds. The van der Waals surface area contributed by atoms with E-state index in [4.69, 9.17) is 4.74 Å². The second kappa shape index (κ2) is 7.17. The van der Waals surface area contributed by atoms with E-state index in [0.717, 1.165) is 0 Å². The highest BCUT2D eigenvalue weighted by Gasteiger charge is 2.27. The summed E-state index contributed by atoms with van der Waals surface area (Å²) in [4.78, 5) is 35.1. The maximum Gasteiger partial charge on any atom is 0.337 e. The Balaban J connectivity index is 2.11. The number of benzene rings is 1. The van der Waals surface area contributed by atoms with Crippen molar-refractivity contribution in [1.82, 2.24) is 5.32 Å². The average Bonchev–Trinajstić information content (AvgIpc) is 2.91. The van der Waals surface area contributed by atoms with Crippen LogP contribution in [0.2, 0.25) is 0 Å². The van der Waals surface area contributed by atoms with Gasteiger partial charge >= 0.3 is 5.97 Å². The molecule has 8 heteroatoms. The van der Waals surface area contributed by atoms with Crippen LogP contribution in [0, 0.1) is 0 Å². The molecule has 1 aliphatic heterocycles. The van der Waals surface area contributed by atoms with E-state index >= 15 is 0 Å². The predicted molar refractivity (Wildman–Crippen MR) is 82.0 cm³/mol. The summed E-state index contributed by atoms with van der Waals surface area (Å²) >= 11 is 1.38. The summed E-state index contributed by atoms with van der Waals surface area (Å²) in [5.41, 5.74) is 0.658. The smallest absolute Gasteiger partial charge is 0.337 e. The van der Waals surface area contributed by atoms with Crippen LogP contribution in [-0.2, 0) is 14.3 Å². The Morgan fingerprint density at radius 2 is 2.18 bits per heavy atom. The lowest BCUT2D eigenvalue weighted by Gasteiger charge is -2.12. The Morgan fingerprint density at radius 3 is 2.77 bits per heavy atom. The van der Waals surface area contributed by atoms with E-state index in [9.17, 15) is 14.4 Å². The van der Waals surface area contributed by atoms with Crippen LogP contribution < -0.4 is 15.4 Å². The molecule has 2 N–H and O–H groups in total. The third-order valence-electron chi connectivity index (χ3n) is 3.09. The maximum absolute atomic E-state index is 12.1. The van der Waals surface area contributed by atoms with Crippen LogP contribution in [0.15, 0.2) is 18.2 Å². The van der Waals surface area contributed by atoms with E-state index in [1.165, 1.54) is 32.0 Å². The van der Waals surface area contributed by atoms with Crippen molar-refractivity contribution in [2.24, 2.45) is 0 Å². The SMILES string of the molecule is COC(=O)c1ccc(OC)c(NC(=O)CC2SCNC2=O)c1. The number of thioether (sulfide) groups is 1. The molecule has 1 atom stereocenters. The van der Waals surface area contributed by atoms with E-state index in [-0.39, 0.29) is 18.2 Å². The minimum atomic E-state index is -0.510. The Morgan fingerprint density at radius 1 is 1.41 bits per heavy atom. The maximum atomic E-state index is 12.1. The van der Waals surface area contributed by atoms with Crippen molar-refractivity contribution in [2.45, 2.75) is 11.7 Å². The number of nitrogens with one attached hydrogen (secondary N) is 2. The molecule has 1 heterocycles. The molecule has 1 aliphatic rings. The van der Waals surface area contributed by atoms with Crippen molar-refractivity contribution >= 4 is 35.2 Å². The topological polar surface area (TPSA) is 93.7 Å². The van der Waals surface area contributed by atoms with Gasteiger partial charge in [0, 0.05) is 6.42 Å². The Labute approximate surface area is 131 Å². The van der Waals surface area contributed by atoms with Gasteiger partial charge in [0.1, 0.15) is 5.75 Å². The first-order valence-electron chi connectivity index (χ1n) is 6.50. The van der Waals surface area contributed by atoms with Gasteiger partial charge in [-0.25, -0.2) is 4.79 Å². The Kier molecular flexibility index (Phi) is 5.26. The highest BCUT2D eigenvalue weighted by Crippen LogP contribution is 2.27. The normalized spacial score (nSPS) is 16.8. The molecule has 0 spiro atoms. The van der Waals surface area contributed by atoms with Gasteiger partial charge in [0.05, 0.1) is 36.6 Å². The first kappa shape index (κ1) is 16.2. The van der Waals surface area contributed by atoms with E-state index in [0.29, 0.717) is 22.9 Å². The molecule has 0 saturated carbocycles. The van der Waals surface area contributed by atoms with Gasteiger partial charge in [-0.1, -0.05) is 0 Å². The Hall–Kier alpha value is -2.22. The monoisotopic (exact) mass is 324 g/mol. The van der Waals surface area contributed by atoms with Gasteiger partial charge < -0.3 is 20.1 Å². The van der Waals surface area contributed by atoms with Gasteiger partial charge in [0.2, 0.25) is 11.8 Å². The fourth-order valence-electron chi connectivity index (χ4n) is 1.97. The summed E-state index contributed by atoms with van der Waals surface area (Å²) in [6.45, 7) is 0. The van der Waals surface area contributed by atoms with Gasteiger partial charge in [0.15, 0.2) is 0 Å². The van der Waals surface area contributed by atoms with Crippen LogP contribution >= 0.6 is 11.8 Å². The summed E-state index contributed by atoms with van der Waals surface area (Å²) in [5, 5.41) is 4.92. The van der Waals surface area contributed by atoms with Crippen molar-refractivity contribution in [3.8, 4) is 5.75 Å². The molecular weight excluding hydrogens is 308 g/mol. The molecular formula is C14H16N2O5S. The lowest BCUT2D eigenvalue weighted by atomic mass is 10.1.